The third-order valence-corrected chi connectivity index (χ3v) is 4.48. The molecule has 0 radical (unpaired) electrons. The molecule has 1 rings (SSSR count). The van der Waals surface area contributed by atoms with Crippen LogP contribution in [-0.2, 0) is 11.2 Å². The van der Waals surface area contributed by atoms with E-state index >= 15 is 0 Å². The summed E-state index contributed by atoms with van der Waals surface area (Å²) in [5.74, 6) is 0.0314. The molecule has 0 spiro atoms. The van der Waals surface area contributed by atoms with Gasteiger partial charge in [-0.3, -0.25) is 0 Å². The average molecular weight is 306 g/mol. The van der Waals surface area contributed by atoms with E-state index < -0.39 is 0 Å². The maximum absolute atomic E-state index is 11.0. The van der Waals surface area contributed by atoms with E-state index in [0.29, 0.717) is 6.42 Å². The van der Waals surface area contributed by atoms with Crippen LogP contribution in [-0.4, -0.2) is 19.9 Å². The number of carbonyl (C=O) groups excluding carboxylic acids is 1. The van der Waals surface area contributed by atoms with Gasteiger partial charge in [0.05, 0.1) is 0 Å². The van der Waals surface area contributed by atoms with Crippen molar-refractivity contribution in [2.24, 2.45) is 5.73 Å². The first-order valence-corrected chi connectivity index (χ1v) is 7.59. The minimum atomic E-state index is -0.214. The maximum atomic E-state index is 11.0. The van der Waals surface area contributed by atoms with Crippen LogP contribution in [0.25, 0.3) is 0 Å². The van der Waals surface area contributed by atoms with Crippen molar-refractivity contribution in [2.75, 3.05) is 4.93 Å². The van der Waals surface area contributed by atoms with Gasteiger partial charge in [-0.1, -0.05) is 0 Å². The molecule has 0 aliphatic heterocycles. The van der Waals surface area contributed by atoms with Gasteiger partial charge in [0.1, 0.15) is 0 Å². The summed E-state index contributed by atoms with van der Waals surface area (Å²) >= 11 is -0.170. The van der Waals surface area contributed by atoms with Gasteiger partial charge in [0, 0.05) is 0 Å². The number of alkyl halides is 2. The van der Waals surface area contributed by atoms with E-state index in [1.807, 2.05) is 12.1 Å². The van der Waals surface area contributed by atoms with Gasteiger partial charge in [0.25, 0.3) is 0 Å². The molecule has 0 saturated carbocycles. The predicted molar refractivity (Wildman–Crippen MR) is 50.7 cm³/mol. The number of hydrogen-bond donors (Lipinski definition) is 2. The number of amides is 1. The molecule has 14 heavy (non-hydrogen) atoms. The molecule has 3 N–H and O–H groups in total. The molecular weight excluding hydrogens is 293 g/mol. The Morgan fingerprint density at radius 2 is 2.07 bits per heavy atom. The van der Waals surface area contributed by atoms with Gasteiger partial charge in [0.2, 0.25) is 0 Å². The molecule has 0 aromatic heterocycles. The van der Waals surface area contributed by atoms with Gasteiger partial charge in [-0.2, -0.15) is 0 Å². The third kappa shape index (κ3) is 3.17. The number of benzene rings is 1. The summed E-state index contributed by atoms with van der Waals surface area (Å²) in [6, 6.07) is 6.90. The molecule has 1 atom stereocenters. The van der Waals surface area contributed by atoms with Crippen molar-refractivity contribution in [3.63, 3.8) is 0 Å². The van der Waals surface area contributed by atoms with Crippen LogP contribution < -0.4 is 26.9 Å². The second-order valence-corrected chi connectivity index (χ2v) is 5.71. The van der Waals surface area contributed by atoms with E-state index in [2.05, 4.69) is 4.93 Å². The molecule has 0 heterocycles. The van der Waals surface area contributed by atoms with E-state index in [9.17, 15) is 4.79 Å². The average Bonchev–Trinajstić information content (AvgIpc) is 2.16. The van der Waals surface area contributed by atoms with E-state index in [1.54, 1.807) is 12.1 Å². The molecule has 1 aromatic rings. The standard InChI is InChI=1S/C10H13INO2/c1-11-9(10(12)14)6-7-2-4-8(13)5-3-7/h2-5,9,13H,6H2,1H3,(H2,12,14)/q-1/t9-/m0/s1. The minimum absolute atomic E-state index is 0.00153. The van der Waals surface area contributed by atoms with Gasteiger partial charge in [-0.15, -0.1) is 0 Å². The number of phenolic OH excluding ortho intramolecular Hbond substituents is 1. The summed E-state index contributed by atoms with van der Waals surface area (Å²) in [6.07, 6.45) is 0.694. The van der Waals surface area contributed by atoms with Crippen molar-refractivity contribution >= 4 is 5.91 Å². The van der Waals surface area contributed by atoms with E-state index in [4.69, 9.17) is 10.8 Å². The number of primary amides is 1. The third-order valence-electron chi connectivity index (χ3n) is 1.92. The second kappa shape index (κ2) is 5.19. The zero-order valence-corrected chi connectivity index (χ0v) is 10.1. The summed E-state index contributed by atoms with van der Waals surface area (Å²) in [7, 11) is 0. The topological polar surface area (TPSA) is 63.3 Å². The zero-order chi connectivity index (χ0) is 10.6. The molecule has 78 valence electrons. The normalized spacial score (nSPS) is 12.6. The number of rotatable bonds is 4. The number of aromatic hydroxyl groups is 1. The molecule has 1 aromatic carbocycles. The molecular formula is C10H13INO2-. The Morgan fingerprint density at radius 1 is 1.50 bits per heavy atom. The van der Waals surface area contributed by atoms with Crippen molar-refractivity contribution in [2.45, 2.75) is 10.3 Å². The molecule has 1 amide bonds. The predicted octanol–water partition coefficient (Wildman–Crippen LogP) is -2.49. The van der Waals surface area contributed by atoms with Crippen molar-refractivity contribution in [1.82, 2.24) is 0 Å². The van der Waals surface area contributed by atoms with Crippen molar-refractivity contribution in [1.29, 1.82) is 0 Å². The van der Waals surface area contributed by atoms with Crippen LogP contribution >= 0.6 is 0 Å². The molecule has 0 unspecified atom stereocenters. The molecule has 0 saturated heterocycles. The van der Waals surface area contributed by atoms with Crippen LogP contribution in [0.2, 0.25) is 0 Å². The monoisotopic (exact) mass is 306 g/mol. The Balaban J connectivity index is 2.67. The van der Waals surface area contributed by atoms with E-state index in [1.165, 1.54) is 0 Å². The van der Waals surface area contributed by atoms with E-state index in [0.717, 1.165) is 5.56 Å². The molecule has 4 heteroatoms. The van der Waals surface area contributed by atoms with Crippen molar-refractivity contribution in [3.05, 3.63) is 29.8 Å². The van der Waals surface area contributed by atoms with Crippen LogP contribution in [0.1, 0.15) is 5.56 Å². The fourth-order valence-corrected chi connectivity index (χ4v) is 2.69. The first kappa shape index (κ1) is 11.3. The fourth-order valence-electron chi connectivity index (χ4n) is 1.12. The van der Waals surface area contributed by atoms with E-state index in [-0.39, 0.29) is 36.8 Å². The first-order valence-electron chi connectivity index (χ1n) is 4.18. The van der Waals surface area contributed by atoms with Gasteiger partial charge >= 0.3 is 93.6 Å². The summed E-state index contributed by atoms with van der Waals surface area (Å²) in [5.41, 5.74) is 6.31. The fraction of sp³-hybridized carbons (Fsp3) is 0.300. The number of hydrogen-bond acceptors (Lipinski definition) is 2. The van der Waals surface area contributed by atoms with Crippen LogP contribution in [0.4, 0.5) is 0 Å². The Morgan fingerprint density at radius 3 is 2.50 bits per heavy atom. The zero-order valence-electron chi connectivity index (χ0n) is 7.90. The molecule has 0 aliphatic carbocycles. The summed E-state index contributed by atoms with van der Waals surface area (Å²) < 4.78 is -0.00153. The quantitative estimate of drug-likeness (QED) is 0.477. The van der Waals surface area contributed by atoms with Gasteiger partial charge in [-0.25, -0.2) is 0 Å². The van der Waals surface area contributed by atoms with Gasteiger partial charge in [-0.05, 0) is 0 Å². The first-order chi connectivity index (χ1) is 6.63. The number of halogens is 1. The molecule has 0 fully saturated rings. The van der Waals surface area contributed by atoms with Gasteiger partial charge < -0.3 is 0 Å². The Labute approximate surface area is 93.6 Å². The summed E-state index contributed by atoms with van der Waals surface area (Å²) in [4.78, 5) is 13.1. The Kier molecular flexibility index (Phi) is 4.19. The SMILES string of the molecule is C[I-][C@@H](Cc1ccc(O)cc1)C(N)=O. The van der Waals surface area contributed by atoms with Crippen molar-refractivity contribution < 1.29 is 31.1 Å². The summed E-state index contributed by atoms with van der Waals surface area (Å²) in [5, 5.41) is 9.07. The molecule has 0 bridgehead atoms. The molecule has 3 nitrogen and oxygen atoms in total. The summed E-state index contributed by atoms with van der Waals surface area (Å²) in [6.45, 7) is 0. The van der Waals surface area contributed by atoms with Gasteiger partial charge in [0.15, 0.2) is 0 Å². The molecule has 0 aliphatic rings. The number of phenols is 1. The Bertz CT molecular complexity index is 310. The number of nitrogens with two attached hydrogens (primary N) is 1. The Hall–Kier alpha value is -0.780. The second-order valence-electron chi connectivity index (χ2n) is 2.96. The van der Waals surface area contributed by atoms with Crippen LogP contribution in [0, 0.1) is 0 Å². The van der Waals surface area contributed by atoms with Crippen LogP contribution in [0.3, 0.4) is 0 Å². The van der Waals surface area contributed by atoms with Crippen LogP contribution in [0.5, 0.6) is 5.75 Å². The number of carbonyl (C=O) groups is 1. The van der Waals surface area contributed by atoms with Crippen LogP contribution in [0.15, 0.2) is 24.3 Å². The van der Waals surface area contributed by atoms with Crippen molar-refractivity contribution in [3.8, 4) is 5.75 Å².